The fraction of sp³-hybridized carbons (Fsp3) is 0.308. The van der Waals surface area contributed by atoms with Gasteiger partial charge in [-0.3, -0.25) is 9.89 Å². The lowest BCUT2D eigenvalue weighted by Gasteiger charge is -2.31. The molecule has 3 rings (SSSR count). The second-order valence-electron chi connectivity index (χ2n) is 4.58. The Hall–Kier alpha value is -2.21. The van der Waals surface area contributed by atoms with E-state index in [4.69, 9.17) is 0 Å². The zero-order chi connectivity index (χ0) is 13.2. The van der Waals surface area contributed by atoms with Gasteiger partial charge < -0.3 is 10.2 Å². The van der Waals surface area contributed by atoms with Crippen LogP contribution in [0.2, 0.25) is 0 Å². The highest BCUT2D eigenvalue weighted by Gasteiger charge is 2.28. The van der Waals surface area contributed by atoms with Gasteiger partial charge in [-0.25, -0.2) is 4.98 Å². The minimum absolute atomic E-state index is 0.0185. The van der Waals surface area contributed by atoms with Gasteiger partial charge in [0.05, 0.1) is 6.54 Å². The van der Waals surface area contributed by atoms with Crippen LogP contribution in [0.4, 0.5) is 5.69 Å². The van der Waals surface area contributed by atoms with Crippen molar-refractivity contribution in [1.29, 1.82) is 0 Å². The Morgan fingerprint density at radius 1 is 1.47 bits per heavy atom. The van der Waals surface area contributed by atoms with Crippen molar-refractivity contribution in [2.75, 3.05) is 11.9 Å². The van der Waals surface area contributed by atoms with Crippen LogP contribution in [0.3, 0.4) is 0 Å². The van der Waals surface area contributed by atoms with Crippen molar-refractivity contribution >= 4 is 11.6 Å². The molecule has 0 bridgehead atoms. The topological polar surface area (TPSA) is 73.9 Å². The number of fused-ring (bicyclic) bond motifs is 1. The number of H-pyrrole nitrogens is 1. The standard InChI is InChI=1S/C13H15N5O/c1-18-11-5-3-2-4-9(11)10(6-13(18)19)14-7-12-15-8-16-17-12/h2-5,8,10,14H,6-7H2,1H3,(H,15,16,17). The molecule has 0 fully saturated rings. The SMILES string of the molecule is CN1C(=O)CC(NCc2ncn[nH]2)c2ccccc21. The molecule has 1 aromatic carbocycles. The summed E-state index contributed by atoms with van der Waals surface area (Å²) in [7, 11) is 1.81. The zero-order valence-corrected chi connectivity index (χ0v) is 10.6. The van der Waals surface area contributed by atoms with E-state index in [1.54, 1.807) is 4.90 Å². The molecule has 0 aliphatic carbocycles. The Morgan fingerprint density at radius 3 is 3.11 bits per heavy atom. The number of amides is 1. The summed E-state index contributed by atoms with van der Waals surface area (Å²) in [6, 6.07) is 7.98. The second-order valence-corrected chi connectivity index (χ2v) is 4.58. The van der Waals surface area contributed by atoms with E-state index in [1.807, 2.05) is 25.2 Å². The van der Waals surface area contributed by atoms with Gasteiger partial charge in [-0.2, -0.15) is 5.10 Å². The lowest BCUT2D eigenvalue weighted by molar-refractivity contribution is -0.119. The van der Waals surface area contributed by atoms with E-state index in [-0.39, 0.29) is 11.9 Å². The van der Waals surface area contributed by atoms with Gasteiger partial charge in [0, 0.05) is 25.2 Å². The van der Waals surface area contributed by atoms with E-state index in [9.17, 15) is 4.79 Å². The molecule has 98 valence electrons. The first-order valence-electron chi connectivity index (χ1n) is 6.19. The van der Waals surface area contributed by atoms with Crippen LogP contribution >= 0.6 is 0 Å². The third-order valence-corrected chi connectivity index (χ3v) is 3.41. The smallest absolute Gasteiger partial charge is 0.228 e. The van der Waals surface area contributed by atoms with Crippen LogP contribution in [0.25, 0.3) is 0 Å². The van der Waals surface area contributed by atoms with E-state index in [0.717, 1.165) is 17.1 Å². The molecule has 1 unspecified atom stereocenters. The number of benzene rings is 1. The highest BCUT2D eigenvalue weighted by Crippen LogP contribution is 2.33. The van der Waals surface area contributed by atoms with E-state index in [1.165, 1.54) is 6.33 Å². The van der Waals surface area contributed by atoms with Gasteiger partial charge >= 0.3 is 0 Å². The molecule has 1 atom stereocenters. The third-order valence-electron chi connectivity index (χ3n) is 3.41. The number of nitrogens with one attached hydrogen (secondary N) is 2. The number of hydrogen-bond acceptors (Lipinski definition) is 4. The number of carbonyl (C=O) groups is 1. The summed E-state index contributed by atoms with van der Waals surface area (Å²) in [5.74, 6) is 0.887. The van der Waals surface area contributed by atoms with Crippen molar-refractivity contribution in [3.8, 4) is 0 Å². The molecule has 19 heavy (non-hydrogen) atoms. The zero-order valence-electron chi connectivity index (χ0n) is 10.6. The fourth-order valence-electron chi connectivity index (χ4n) is 2.36. The van der Waals surface area contributed by atoms with Crippen LogP contribution in [0.1, 0.15) is 23.9 Å². The average Bonchev–Trinajstić information content (AvgIpc) is 2.95. The van der Waals surface area contributed by atoms with Crippen molar-refractivity contribution in [1.82, 2.24) is 20.5 Å². The predicted molar refractivity (Wildman–Crippen MR) is 70.4 cm³/mol. The monoisotopic (exact) mass is 257 g/mol. The molecular formula is C13H15N5O. The molecule has 2 N–H and O–H groups in total. The van der Waals surface area contributed by atoms with Gasteiger partial charge in [0.1, 0.15) is 12.2 Å². The molecule has 0 spiro atoms. The summed E-state index contributed by atoms with van der Waals surface area (Å²) in [4.78, 5) is 17.8. The Morgan fingerprint density at radius 2 is 2.32 bits per heavy atom. The number of carbonyl (C=O) groups excluding carboxylic acids is 1. The molecule has 2 heterocycles. The van der Waals surface area contributed by atoms with Crippen molar-refractivity contribution in [2.24, 2.45) is 0 Å². The van der Waals surface area contributed by atoms with E-state index < -0.39 is 0 Å². The van der Waals surface area contributed by atoms with Gasteiger partial charge in [0.2, 0.25) is 5.91 Å². The van der Waals surface area contributed by atoms with Gasteiger partial charge in [-0.1, -0.05) is 18.2 Å². The maximum absolute atomic E-state index is 12.0. The lowest BCUT2D eigenvalue weighted by Crippen LogP contribution is -2.37. The molecule has 1 aliphatic rings. The molecule has 2 aromatic rings. The van der Waals surface area contributed by atoms with Gasteiger partial charge in [-0.15, -0.1) is 0 Å². The van der Waals surface area contributed by atoms with Gasteiger partial charge in [0.25, 0.3) is 0 Å². The van der Waals surface area contributed by atoms with Crippen LogP contribution in [-0.2, 0) is 11.3 Å². The summed E-state index contributed by atoms with van der Waals surface area (Å²) in [6.07, 6.45) is 1.94. The number of anilines is 1. The minimum atomic E-state index is 0.0185. The number of para-hydroxylation sites is 1. The molecule has 0 radical (unpaired) electrons. The molecule has 1 aromatic heterocycles. The number of aromatic amines is 1. The van der Waals surface area contributed by atoms with Gasteiger partial charge in [0.15, 0.2) is 0 Å². The summed E-state index contributed by atoms with van der Waals surface area (Å²) >= 11 is 0. The largest absolute Gasteiger partial charge is 0.315 e. The van der Waals surface area contributed by atoms with E-state index >= 15 is 0 Å². The Labute approximate surface area is 110 Å². The lowest BCUT2D eigenvalue weighted by atomic mass is 9.96. The first-order valence-corrected chi connectivity index (χ1v) is 6.19. The number of aromatic nitrogens is 3. The predicted octanol–water partition coefficient (Wildman–Crippen LogP) is 1.00. The molecular weight excluding hydrogens is 242 g/mol. The second kappa shape index (κ2) is 4.81. The quantitative estimate of drug-likeness (QED) is 0.860. The summed E-state index contributed by atoms with van der Waals surface area (Å²) in [6.45, 7) is 0.565. The third kappa shape index (κ3) is 2.22. The van der Waals surface area contributed by atoms with Crippen molar-refractivity contribution in [3.63, 3.8) is 0 Å². The van der Waals surface area contributed by atoms with Crippen molar-refractivity contribution in [2.45, 2.75) is 19.0 Å². The molecule has 1 amide bonds. The van der Waals surface area contributed by atoms with Gasteiger partial charge in [-0.05, 0) is 11.6 Å². The normalized spacial score (nSPS) is 18.5. The van der Waals surface area contributed by atoms with E-state index in [2.05, 4.69) is 26.6 Å². The number of rotatable bonds is 3. The first kappa shape index (κ1) is 11.9. The Kier molecular flexibility index (Phi) is 3.00. The van der Waals surface area contributed by atoms with Crippen LogP contribution in [0, 0.1) is 0 Å². The molecule has 0 saturated carbocycles. The fourth-order valence-corrected chi connectivity index (χ4v) is 2.36. The maximum Gasteiger partial charge on any atom is 0.228 e. The maximum atomic E-state index is 12.0. The van der Waals surface area contributed by atoms with Crippen LogP contribution in [0.5, 0.6) is 0 Å². The molecule has 0 saturated heterocycles. The van der Waals surface area contributed by atoms with E-state index in [0.29, 0.717) is 13.0 Å². The van der Waals surface area contributed by atoms with Crippen LogP contribution < -0.4 is 10.2 Å². The molecule has 6 heteroatoms. The molecule has 1 aliphatic heterocycles. The Balaban J connectivity index is 1.82. The number of hydrogen-bond donors (Lipinski definition) is 2. The summed E-state index contributed by atoms with van der Waals surface area (Å²) in [5, 5.41) is 9.96. The number of nitrogens with zero attached hydrogens (tertiary/aromatic N) is 3. The first-order chi connectivity index (χ1) is 9.25. The van der Waals surface area contributed by atoms with Crippen LogP contribution in [0.15, 0.2) is 30.6 Å². The molecule has 6 nitrogen and oxygen atoms in total. The average molecular weight is 257 g/mol. The minimum Gasteiger partial charge on any atom is -0.315 e. The highest BCUT2D eigenvalue weighted by atomic mass is 16.2. The van der Waals surface area contributed by atoms with Crippen LogP contribution in [-0.4, -0.2) is 28.1 Å². The summed E-state index contributed by atoms with van der Waals surface area (Å²) < 4.78 is 0. The van der Waals surface area contributed by atoms with Crippen molar-refractivity contribution in [3.05, 3.63) is 42.0 Å². The van der Waals surface area contributed by atoms with Crippen molar-refractivity contribution < 1.29 is 4.79 Å². The Bertz CT molecular complexity index is 580. The highest BCUT2D eigenvalue weighted by molar-refractivity contribution is 5.96. The summed E-state index contributed by atoms with van der Waals surface area (Å²) in [5.41, 5.74) is 2.11.